The number of carbonyl (C=O) groups is 4. The molecule has 5 aliphatic heterocycles. The Morgan fingerprint density at radius 2 is 0.696 bits per heavy atom. The average Bonchev–Trinajstić information content (AvgIpc) is 1.64. The summed E-state index contributed by atoms with van der Waals surface area (Å²) in [4.78, 5) is 104. The minimum absolute atomic E-state index is 0.0962. The molecular formula is C88H109N31O6. The van der Waals surface area contributed by atoms with Gasteiger partial charge < -0.3 is 75.3 Å². The average molecular weight is 1700 g/mol. The van der Waals surface area contributed by atoms with Crippen LogP contribution < -0.4 is 56.4 Å². The van der Waals surface area contributed by atoms with Crippen LogP contribution in [0.4, 0.5) is 86.0 Å². The Morgan fingerprint density at radius 3 is 1.07 bits per heavy atom. The van der Waals surface area contributed by atoms with E-state index in [1.807, 2.05) is 142 Å². The fraction of sp³-hybridized carbons (Fsp3) is 0.375. The van der Waals surface area contributed by atoms with Crippen molar-refractivity contribution in [1.82, 2.24) is 104 Å². The summed E-state index contributed by atoms with van der Waals surface area (Å²) in [6.07, 6.45) is 13.1. The second-order valence-corrected chi connectivity index (χ2v) is 31.7. The number of para-hydroxylation sites is 2. The molecular weight excluding hydrogens is 1590 g/mol. The standard InChI is InChI=1S/C25H32N8O2.C24H30N8O3.C20H24N8O.C19H23N7/c1-18-15-31(16-19(2)33(18)20(3)34)24-14-23(8-9-26-24)32-17-27-25(29-32)28-21-4-6-22(7-5-21)30-10-12-35-13-11-30;1-5-35-24(34)28-20-8-6-19(7-9-20)27-23-26-15-31(29-23)21-10-11-25-22(12-21)30-13-16(2)32(18(4)33)17(3)14-30;1-14-10-26(11-15(2)28(14)16(3)29)18-9-19(22-12-21-18)27-13-23-20(25-27)24-17-7-5-4-6-8-17;1-14-11-25(12-15(2)22-14)18-10-17(8-9-20-18)26-13-21-19(24-26)23-16-6-4-3-5-7-16/h4-9,14,17-19H,10-13,15-16H2,1-3H3,(H,28,29);6-12,15-17H,5,13-14H2,1-4H3,(H,27,29)(H,28,34);4-9,12-15H,10-11H2,1-3H3,(H,24,25);3-10,13-15,22H,11-12H2,1-2H3,(H,23,24)/t18-,19+;16-,17+;2*14-,15+. The SMILES string of the molecule is CC(=O)N1[C@H](C)CN(c2cc(-n3cnc(Nc4ccc(N5CCOCC5)cc4)n3)ccn2)C[C@@H]1C.CC(=O)N1[C@H](C)CN(c2cc(-n3cnc(Nc4ccccc4)n3)ncn2)C[C@@H]1C.CCOC(=O)Nc1ccc(Nc2ncn(-c3ccnc(N4C[C@@H](C)N(C(C)=O)[C@@H](C)C4)c3)n2)cc1.C[C@@H]1CN(c2cc(-n3cnc(Nc4ccccc4)n3)ccn2)C[C@H](C)N1. The summed E-state index contributed by atoms with van der Waals surface area (Å²) in [5, 5.41) is 37.1. The van der Waals surface area contributed by atoms with Gasteiger partial charge in [0.15, 0.2) is 5.82 Å². The highest BCUT2D eigenvalue weighted by molar-refractivity contribution is 5.85. The zero-order valence-electron chi connectivity index (χ0n) is 72.5. The van der Waals surface area contributed by atoms with Crippen molar-refractivity contribution >= 4 is 105 Å². The number of amides is 4. The second kappa shape index (κ2) is 40.6. The lowest BCUT2D eigenvalue weighted by Gasteiger charge is -2.44. The predicted octanol–water partition coefficient (Wildman–Crippen LogP) is 10.9. The lowest BCUT2D eigenvalue weighted by molar-refractivity contribution is -0.134. The van der Waals surface area contributed by atoms with Crippen molar-refractivity contribution in [3.63, 3.8) is 0 Å². The van der Waals surface area contributed by atoms with E-state index in [2.05, 4.69) is 195 Å². The van der Waals surface area contributed by atoms with Crippen molar-refractivity contribution in [3.05, 3.63) is 202 Å². The Balaban J connectivity index is 0.000000136. The molecule has 0 saturated carbocycles. The maximum Gasteiger partial charge on any atom is 0.411 e. The van der Waals surface area contributed by atoms with Crippen LogP contribution in [-0.4, -0.2) is 256 Å². The number of anilines is 14. The molecule has 4 amide bonds. The van der Waals surface area contributed by atoms with Crippen LogP contribution in [0.2, 0.25) is 0 Å². The minimum atomic E-state index is -0.491. The van der Waals surface area contributed by atoms with Crippen molar-refractivity contribution < 1.29 is 28.7 Å². The number of carbonyl (C=O) groups excluding carboxylic acids is 4. The second-order valence-electron chi connectivity index (χ2n) is 31.7. The highest BCUT2D eigenvalue weighted by Crippen LogP contribution is 2.30. The summed E-state index contributed by atoms with van der Waals surface area (Å²) < 4.78 is 17.1. The largest absolute Gasteiger partial charge is 0.450 e. The summed E-state index contributed by atoms with van der Waals surface area (Å²) in [5.74, 6) is 6.46. The molecule has 5 aliphatic rings. The van der Waals surface area contributed by atoms with Gasteiger partial charge in [0.1, 0.15) is 54.9 Å². The third-order valence-corrected chi connectivity index (χ3v) is 21.7. The van der Waals surface area contributed by atoms with Gasteiger partial charge in [0.2, 0.25) is 41.5 Å². The zero-order chi connectivity index (χ0) is 87.6. The Hall–Kier alpha value is -14.2. The molecule has 652 valence electrons. The van der Waals surface area contributed by atoms with Crippen LogP contribution in [0, 0.1) is 0 Å². The molecule has 8 aromatic heterocycles. The molecule has 0 spiro atoms. The molecule has 0 unspecified atom stereocenters. The predicted molar refractivity (Wildman–Crippen MR) is 482 cm³/mol. The topological polar surface area (TPSA) is 372 Å². The smallest absolute Gasteiger partial charge is 0.411 e. The number of benzene rings is 4. The molecule has 125 heavy (non-hydrogen) atoms. The number of piperazine rings is 4. The summed E-state index contributed by atoms with van der Waals surface area (Å²) in [5.41, 5.74) is 8.07. The van der Waals surface area contributed by atoms with Gasteiger partial charge in [0.25, 0.3) is 0 Å². The van der Waals surface area contributed by atoms with Crippen LogP contribution in [0.3, 0.4) is 0 Å². The van der Waals surface area contributed by atoms with Crippen LogP contribution in [0.25, 0.3) is 22.9 Å². The Morgan fingerprint density at radius 1 is 0.368 bits per heavy atom. The zero-order valence-corrected chi connectivity index (χ0v) is 72.5. The van der Waals surface area contributed by atoms with E-state index < -0.39 is 6.09 Å². The van der Waals surface area contributed by atoms with Crippen molar-refractivity contribution in [2.45, 2.75) is 131 Å². The highest BCUT2D eigenvalue weighted by atomic mass is 16.5. The molecule has 0 bridgehead atoms. The van der Waals surface area contributed by atoms with E-state index in [1.165, 1.54) is 12.0 Å². The monoisotopic (exact) mass is 1700 g/mol. The Labute approximate surface area is 726 Å². The van der Waals surface area contributed by atoms with Crippen LogP contribution in [0.15, 0.2) is 202 Å². The first-order chi connectivity index (χ1) is 60.5. The van der Waals surface area contributed by atoms with Crippen LogP contribution >= 0.6 is 0 Å². The molecule has 17 rings (SSSR count). The molecule has 37 heteroatoms. The van der Waals surface area contributed by atoms with E-state index in [9.17, 15) is 19.2 Å². The first-order valence-corrected chi connectivity index (χ1v) is 42.2. The summed E-state index contributed by atoms with van der Waals surface area (Å²) >= 11 is 0. The van der Waals surface area contributed by atoms with Gasteiger partial charge in [0.05, 0.1) is 36.9 Å². The van der Waals surface area contributed by atoms with Crippen molar-refractivity contribution in [1.29, 1.82) is 0 Å². The summed E-state index contributed by atoms with van der Waals surface area (Å²) in [7, 11) is 0. The third kappa shape index (κ3) is 22.7. The van der Waals surface area contributed by atoms with Gasteiger partial charge in [-0.15, -0.1) is 20.4 Å². The number of hydrogen-bond acceptors (Lipinski definition) is 29. The van der Waals surface area contributed by atoms with E-state index in [1.54, 1.807) is 96.3 Å². The van der Waals surface area contributed by atoms with Crippen LogP contribution in [0.5, 0.6) is 0 Å². The first-order valence-electron chi connectivity index (χ1n) is 42.2. The highest BCUT2D eigenvalue weighted by Gasteiger charge is 2.35. The number of nitrogens with one attached hydrogen (secondary N) is 6. The molecule has 37 nitrogen and oxygen atoms in total. The lowest BCUT2D eigenvalue weighted by Crippen LogP contribution is -2.58. The molecule has 6 N–H and O–H groups in total. The van der Waals surface area contributed by atoms with Crippen molar-refractivity contribution in [3.8, 4) is 22.9 Å². The minimum Gasteiger partial charge on any atom is -0.450 e. The number of nitrogens with zero attached hydrogens (tertiary/aromatic N) is 25. The molecule has 12 aromatic rings. The normalized spacial score (nSPS) is 19.4. The number of ether oxygens (including phenoxy) is 2. The van der Waals surface area contributed by atoms with E-state index >= 15 is 0 Å². The molecule has 5 saturated heterocycles. The van der Waals surface area contributed by atoms with Gasteiger partial charge in [-0.1, -0.05) is 36.4 Å². The summed E-state index contributed by atoms with van der Waals surface area (Å²) in [6.45, 7) is 33.3. The van der Waals surface area contributed by atoms with E-state index in [0.29, 0.717) is 67.1 Å². The fourth-order valence-corrected chi connectivity index (χ4v) is 16.5. The third-order valence-electron chi connectivity index (χ3n) is 21.7. The molecule has 0 aliphatic carbocycles. The summed E-state index contributed by atoms with van der Waals surface area (Å²) in [6, 6.07) is 50.3. The molecule has 0 radical (unpaired) electrons. The van der Waals surface area contributed by atoms with Crippen LogP contribution in [-0.2, 0) is 23.9 Å². The fourth-order valence-electron chi connectivity index (χ4n) is 16.5. The Bertz CT molecular complexity index is 5490. The number of pyridine rings is 3. The van der Waals surface area contributed by atoms with Gasteiger partial charge in [0, 0.05) is 212 Å². The van der Waals surface area contributed by atoms with Gasteiger partial charge in [-0.2, -0.15) is 19.9 Å². The van der Waals surface area contributed by atoms with E-state index in [0.717, 1.165) is 129 Å². The van der Waals surface area contributed by atoms with Gasteiger partial charge in [-0.3, -0.25) is 19.7 Å². The maximum atomic E-state index is 12.0. The van der Waals surface area contributed by atoms with Crippen molar-refractivity contribution in [2.75, 3.05) is 136 Å². The van der Waals surface area contributed by atoms with Crippen LogP contribution in [0.1, 0.15) is 83.1 Å². The maximum absolute atomic E-state index is 12.0. The molecule has 5 fully saturated rings. The van der Waals surface area contributed by atoms with Gasteiger partial charge in [-0.05, 0) is 153 Å². The number of rotatable bonds is 19. The lowest BCUT2D eigenvalue weighted by atomic mass is 10.1. The molecule has 4 aromatic carbocycles. The molecule has 13 heterocycles. The van der Waals surface area contributed by atoms with Crippen molar-refractivity contribution in [2.24, 2.45) is 0 Å². The number of aromatic nitrogens is 17. The van der Waals surface area contributed by atoms with E-state index in [-0.39, 0.29) is 54.0 Å². The quantitative estimate of drug-likeness (QED) is 0.0438. The number of hydrogen-bond donors (Lipinski definition) is 6. The van der Waals surface area contributed by atoms with E-state index in [4.69, 9.17) is 9.47 Å². The number of morpholine rings is 1. The first kappa shape index (κ1) is 87.1. The van der Waals surface area contributed by atoms with Gasteiger partial charge >= 0.3 is 6.09 Å². The molecule has 8 atom stereocenters. The Kier molecular flexibility index (Phi) is 28.3. The van der Waals surface area contributed by atoms with Gasteiger partial charge in [-0.25, -0.2) is 48.4 Å².